The van der Waals surface area contributed by atoms with E-state index >= 15 is 0 Å². The van der Waals surface area contributed by atoms with Crippen molar-refractivity contribution in [3.05, 3.63) is 17.2 Å². The van der Waals surface area contributed by atoms with Gasteiger partial charge >= 0.3 is 0 Å². The van der Waals surface area contributed by atoms with E-state index in [1.54, 1.807) is 0 Å². The molecule has 0 fully saturated rings. The average Bonchev–Trinajstić information content (AvgIpc) is 2.28. The molecular weight excluding hydrogens is 228 g/mol. The van der Waals surface area contributed by atoms with Gasteiger partial charge in [-0.2, -0.15) is 0 Å². The molecule has 17 heavy (non-hydrogen) atoms. The summed E-state index contributed by atoms with van der Waals surface area (Å²) >= 11 is 0. The number of phenols is 2. The fourth-order valence-corrected chi connectivity index (χ4v) is 1.75. The van der Waals surface area contributed by atoms with E-state index in [-0.39, 0.29) is 11.3 Å². The highest BCUT2D eigenvalue weighted by Gasteiger charge is 2.37. The van der Waals surface area contributed by atoms with Gasteiger partial charge in [-0.15, -0.1) is 0 Å². The van der Waals surface area contributed by atoms with E-state index in [4.69, 9.17) is 4.74 Å². The molecule has 0 aromatic heterocycles. The summed E-state index contributed by atoms with van der Waals surface area (Å²) in [6.45, 7) is 0. The molecule has 0 amide bonds. The van der Waals surface area contributed by atoms with E-state index in [2.05, 4.69) is 0 Å². The molecule has 0 saturated carbocycles. The zero-order valence-electron chi connectivity index (χ0n) is 8.81. The molecule has 6 heteroatoms. The Morgan fingerprint density at radius 3 is 2.35 bits per heavy atom. The van der Waals surface area contributed by atoms with Gasteiger partial charge < -0.3 is 14.9 Å². The number of phenolic OH excluding ortho intramolecular Hbond substituents is 2. The van der Waals surface area contributed by atoms with Crippen molar-refractivity contribution in [3.8, 4) is 17.2 Å². The average molecular weight is 236 g/mol. The summed E-state index contributed by atoms with van der Waals surface area (Å²) in [7, 11) is 1.22. The summed E-state index contributed by atoms with van der Waals surface area (Å²) in [4.78, 5) is 34.3. The largest absolute Gasteiger partial charge is 0.507 e. The lowest BCUT2D eigenvalue weighted by Crippen LogP contribution is -2.27. The summed E-state index contributed by atoms with van der Waals surface area (Å²) in [5.74, 6) is -3.86. The van der Waals surface area contributed by atoms with Crippen LogP contribution < -0.4 is 4.74 Å². The third-order valence-electron chi connectivity index (χ3n) is 2.54. The first-order valence-corrected chi connectivity index (χ1v) is 4.71. The first kappa shape index (κ1) is 11.1. The van der Waals surface area contributed by atoms with Crippen LogP contribution in [0.1, 0.15) is 27.1 Å². The number of ether oxygens (including phenoxy) is 1. The monoisotopic (exact) mass is 236 g/mol. The summed E-state index contributed by atoms with van der Waals surface area (Å²) < 4.78 is 4.73. The third-order valence-corrected chi connectivity index (χ3v) is 2.54. The molecule has 0 saturated heterocycles. The Balaban J connectivity index is 2.83. The van der Waals surface area contributed by atoms with Crippen molar-refractivity contribution in [3.63, 3.8) is 0 Å². The van der Waals surface area contributed by atoms with E-state index in [1.807, 2.05) is 0 Å². The van der Waals surface area contributed by atoms with Crippen LogP contribution in [-0.4, -0.2) is 34.7 Å². The lowest BCUT2D eigenvalue weighted by molar-refractivity contribution is -0.114. The molecule has 0 radical (unpaired) electrons. The van der Waals surface area contributed by atoms with Crippen LogP contribution >= 0.6 is 0 Å². The maximum atomic E-state index is 11.6. The van der Waals surface area contributed by atoms with Crippen molar-refractivity contribution in [2.75, 3.05) is 7.11 Å². The molecule has 1 aromatic rings. The standard InChI is InChI=1S/C11H8O6/c1-17-7-3-5(13)8-4(12)2-6(14)10(15)9(8)11(7)16/h3,13,16H,2H2,1H3. The zero-order valence-corrected chi connectivity index (χ0v) is 8.81. The van der Waals surface area contributed by atoms with Gasteiger partial charge in [0.05, 0.1) is 24.7 Å². The van der Waals surface area contributed by atoms with Gasteiger partial charge in [-0.05, 0) is 0 Å². The Hall–Kier alpha value is -2.37. The van der Waals surface area contributed by atoms with Crippen molar-refractivity contribution >= 4 is 17.3 Å². The number of methoxy groups -OCH3 is 1. The highest BCUT2D eigenvalue weighted by atomic mass is 16.5. The minimum Gasteiger partial charge on any atom is -0.507 e. The molecule has 1 aromatic carbocycles. The molecular formula is C11H8O6. The van der Waals surface area contributed by atoms with E-state index in [0.29, 0.717) is 0 Å². The molecule has 2 rings (SSSR count). The van der Waals surface area contributed by atoms with Crippen LogP contribution in [0.4, 0.5) is 0 Å². The molecule has 6 nitrogen and oxygen atoms in total. The van der Waals surface area contributed by atoms with Crippen LogP contribution in [0, 0.1) is 0 Å². The normalized spacial score (nSPS) is 14.8. The molecule has 0 spiro atoms. The van der Waals surface area contributed by atoms with E-state index in [9.17, 15) is 24.6 Å². The first-order valence-electron chi connectivity index (χ1n) is 4.71. The lowest BCUT2D eigenvalue weighted by Gasteiger charge is -2.17. The quantitative estimate of drug-likeness (QED) is 0.417. The molecule has 0 atom stereocenters. The highest BCUT2D eigenvalue weighted by molar-refractivity contribution is 6.51. The summed E-state index contributed by atoms with van der Waals surface area (Å²) in [5.41, 5.74) is -0.809. The van der Waals surface area contributed by atoms with Crippen LogP contribution in [-0.2, 0) is 4.79 Å². The second-order valence-corrected chi connectivity index (χ2v) is 3.55. The van der Waals surface area contributed by atoms with Crippen LogP contribution in [0.25, 0.3) is 0 Å². The summed E-state index contributed by atoms with van der Waals surface area (Å²) in [5, 5.41) is 19.3. The van der Waals surface area contributed by atoms with E-state index in [1.165, 1.54) is 7.11 Å². The van der Waals surface area contributed by atoms with Gasteiger partial charge in [-0.3, -0.25) is 14.4 Å². The molecule has 0 aliphatic heterocycles. The number of rotatable bonds is 1. The fraction of sp³-hybridized carbons (Fsp3) is 0.182. The van der Waals surface area contributed by atoms with Crippen molar-refractivity contribution < 1.29 is 29.3 Å². The zero-order chi connectivity index (χ0) is 12.7. The van der Waals surface area contributed by atoms with E-state index in [0.717, 1.165) is 6.07 Å². The van der Waals surface area contributed by atoms with Gasteiger partial charge in [0.25, 0.3) is 0 Å². The Bertz CT molecular complexity index is 558. The highest BCUT2D eigenvalue weighted by Crippen LogP contribution is 2.40. The Labute approximate surface area is 95.4 Å². The maximum Gasteiger partial charge on any atom is 0.233 e. The predicted octanol–water partition coefficient (Wildman–Crippen LogP) is 0.445. The van der Waals surface area contributed by atoms with Crippen molar-refractivity contribution in [1.29, 1.82) is 0 Å². The number of hydrogen-bond donors (Lipinski definition) is 2. The van der Waals surface area contributed by atoms with Crippen LogP contribution in [0.3, 0.4) is 0 Å². The minimum absolute atomic E-state index is 0.169. The lowest BCUT2D eigenvalue weighted by atomic mass is 9.87. The molecule has 0 heterocycles. The number of carbonyl (C=O) groups excluding carboxylic acids is 3. The smallest absolute Gasteiger partial charge is 0.233 e. The van der Waals surface area contributed by atoms with Gasteiger partial charge in [0.15, 0.2) is 17.3 Å². The molecule has 0 unspecified atom stereocenters. The minimum atomic E-state index is -0.994. The second-order valence-electron chi connectivity index (χ2n) is 3.55. The van der Waals surface area contributed by atoms with Crippen molar-refractivity contribution in [2.45, 2.75) is 6.42 Å². The number of hydrogen-bond acceptors (Lipinski definition) is 6. The number of Topliss-reactive ketones (excluding diaryl/α,β-unsaturated/α-hetero) is 3. The van der Waals surface area contributed by atoms with Crippen LogP contribution in [0.5, 0.6) is 17.2 Å². The van der Waals surface area contributed by atoms with Crippen LogP contribution in [0.15, 0.2) is 6.07 Å². The topological polar surface area (TPSA) is 101 Å². The molecule has 2 N–H and O–H groups in total. The third kappa shape index (κ3) is 1.45. The molecule has 0 bridgehead atoms. The van der Waals surface area contributed by atoms with Crippen molar-refractivity contribution in [2.24, 2.45) is 0 Å². The maximum absolute atomic E-state index is 11.6. The summed E-state index contributed by atoms with van der Waals surface area (Å²) in [6, 6.07) is 1.02. The Morgan fingerprint density at radius 1 is 1.12 bits per heavy atom. The second kappa shape index (κ2) is 3.58. The SMILES string of the molecule is COc1cc(O)c2c(c1O)C(=O)C(=O)CC2=O. The van der Waals surface area contributed by atoms with Gasteiger partial charge in [-0.1, -0.05) is 0 Å². The summed E-state index contributed by atoms with van der Waals surface area (Å²) in [6.07, 6.45) is -0.592. The number of aromatic hydroxyl groups is 2. The predicted molar refractivity (Wildman–Crippen MR) is 54.6 cm³/mol. The van der Waals surface area contributed by atoms with Gasteiger partial charge in [0, 0.05) is 6.07 Å². The van der Waals surface area contributed by atoms with Gasteiger partial charge in [0.2, 0.25) is 11.6 Å². The fourth-order valence-electron chi connectivity index (χ4n) is 1.75. The number of carbonyl (C=O) groups is 3. The molecule has 1 aliphatic carbocycles. The molecule has 88 valence electrons. The van der Waals surface area contributed by atoms with Crippen LogP contribution in [0.2, 0.25) is 0 Å². The molecule has 1 aliphatic rings. The Kier molecular flexibility index (Phi) is 2.35. The van der Waals surface area contributed by atoms with E-state index < -0.39 is 40.8 Å². The number of ketones is 3. The van der Waals surface area contributed by atoms with Crippen molar-refractivity contribution in [1.82, 2.24) is 0 Å². The van der Waals surface area contributed by atoms with Gasteiger partial charge in [0.1, 0.15) is 5.75 Å². The number of fused-ring (bicyclic) bond motifs is 1. The number of benzene rings is 1. The van der Waals surface area contributed by atoms with Gasteiger partial charge in [-0.25, -0.2) is 0 Å². The first-order chi connectivity index (χ1) is 7.97. The Morgan fingerprint density at radius 2 is 1.76 bits per heavy atom.